The molecule has 0 aliphatic heterocycles. The van der Waals surface area contributed by atoms with E-state index in [4.69, 9.17) is 0 Å². The Bertz CT molecular complexity index is 910. The third kappa shape index (κ3) is 4.71. The van der Waals surface area contributed by atoms with E-state index in [1.165, 1.54) is 23.1 Å². The molecule has 0 atom stereocenters. The van der Waals surface area contributed by atoms with Crippen molar-refractivity contribution in [2.45, 2.75) is 4.34 Å². The Morgan fingerprint density at radius 1 is 1.12 bits per heavy atom. The van der Waals surface area contributed by atoms with Crippen LogP contribution >= 0.6 is 23.1 Å². The van der Waals surface area contributed by atoms with Crippen LogP contribution in [0.15, 0.2) is 64.3 Å². The highest BCUT2D eigenvalue weighted by Gasteiger charge is 2.09. The molecule has 26 heavy (non-hydrogen) atoms. The molecular weight excluding hydrogens is 366 g/mol. The molecule has 2 amide bonds. The summed E-state index contributed by atoms with van der Waals surface area (Å²) in [6.07, 6.45) is 0. The first-order valence-corrected chi connectivity index (χ1v) is 9.78. The van der Waals surface area contributed by atoms with E-state index in [0.717, 1.165) is 15.6 Å². The molecule has 5 nitrogen and oxygen atoms in total. The normalized spacial score (nSPS) is 10.3. The topological polar surface area (TPSA) is 71.1 Å². The van der Waals surface area contributed by atoms with Crippen LogP contribution in [0.3, 0.4) is 0 Å². The summed E-state index contributed by atoms with van der Waals surface area (Å²) in [5.74, 6) is -0.0708. The van der Waals surface area contributed by atoms with Gasteiger partial charge in [0.1, 0.15) is 0 Å². The second-order valence-corrected chi connectivity index (χ2v) is 7.44. The zero-order chi connectivity index (χ0) is 18.4. The minimum absolute atomic E-state index is 0.138. The van der Waals surface area contributed by atoms with E-state index in [1.807, 2.05) is 35.7 Å². The lowest BCUT2D eigenvalue weighted by molar-refractivity contribution is -0.113. The molecule has 0 fully saturated rings. The van der Waals surface area contributed by atoms with Crippen LogP contribution in [0, 0.1) is 0 Å². The van der Waals surface area contributed by atoms with Crippen LogP contribution < -0.4 is 10.6 Å². The SMILES string of the molecule is CNC(=O)c1cccc(NC(=O)CSc2nc(-c3ccccc3)cs2)c1. The standard InChI is InChI=1S/C19H17N3O2S2/c1-20-18(24)14-8-5-9-15(10-14)21-17(23)12-26-19-22-16(11-25-19)13-6-3-2-4-7-13/h2-11H,12H2,1H3,(H,20,24)(H,21,23). The Hall–Kier alpha value is -2.64. The van der Waals surface area contributed by atoms with Gasteiger partial charge in [-0.2, -0.15) is 0 Å². The number of amides is 2. The molecule has 0 spiro atoms. The van der Waals surface area contributed by atoms with Crippen LogP contribution in [-0.4, -0.2) is 29.6 Å². The maximum absolute atomic E-state index is 12.2. The van der Waals surface area contributed by atoms with Crippen molar-refractivity contribution in [3.63, 3.8) is 0 Å². The molecule has 2 aromatic carbocycles. The van der Waals surface area contributed by atoms with E-state index < -0.39 is 0 Å². The fourth-order valence-electron chi connectivity index (χ4n) is 2.27. The lowest BCUT2D eigenvalue weighted by Gasteiger charge is -2.06. The maximum atomic E-state index is 12.2. The monoisotopic (exact) mass is 383 g/mol. The van der Waals surface area contributed by atoms with E-state index in [9.17, 15) is 9.59 Å². The summed E-state index contributed by atoms with van der Waals surface area (Å²) in [7, 11) is 1.57. The highest BCUT2D eigenvalue weighted by atomic mass is 32.2. The van der Waals surface area contributed by atoms with Crippen molar-refractivity contribution >= 4 is 40.6 Å². The van der Waals surface area contributed by atoms with E-state index in [1.54, 1.807) is 31.3 Å². The number of anilines is 1. The van der Waals surface area contributed by atoms with E-state index in [2.05, 4.69) is 15.6 Å². The Kier molecular flexibility index (Phi) is 6.04. The number of nitrogens with one attached hydrogen (secondary N) is 2. The van der Waals surface area contributed by atoms with Gasteiger partial charge in [0, 0.05) is 29.2 Å². The van der Waals surface area contributed by atoms with Crippen LogP contribution in [-0.2, 0) is 4.79 Å². The highest BCUT2D eigenvalue weighted by molar-refractivity contribution is 8.01. The molecule has 1 aromatic heterocycles. The van der Waals surface area contributed by atoms with E-state index in [0.29, 0.717) is 11.3 Å². The number of benzene rings is 2. The van der Waals surface area contributed by atoms with Gasteiger partial charge in [-0.05, 0) is 18.2 Å². The molecule has 0 saturated carbocycles. The minimum Gasteiger partial charge on any atom is -0.355 e. The summed E-state index contributed by atoms with van der Waals surface area (Å²) in [5.41, 5.74) is 3.08. The largest absolute Gasteiger partial charge is 0.355 e. The quantitative estimate of drug-likeness (QED) is 0.633. The zero-order valence-electron chi connectivity index (χ0n) is 14.1. The van der Waals surface area contributed by atoms with Gasteiger partial charge < -0.3 is 10.6 Å². The summed E-state index contributed by atoms with van der Waals surface area (Å²) < 4.78 is 0.845. The highest BCUT2D eigenvalue weighted by Crippen LogP contribution is 2.28. The van der Waals surface area contributed by atoms with Crippen molar-refractivity contribution in [3.8, 4) is 11.3 Å². The number of thiazole rings is 1. The number of hydrogen-bond donors (Lipinski definition) is 2. The molecule has 0 unspecified atom stereocenters. The van der Waals surface area contributed by atoms with Gasteiger partial charge in [0.2, 0.25) is 5.91 Å². The average molecular weight is 383 g/mol. The smallest absolute Gasteiger partial charge is 0.251 e. The Balaban J connectivity index is 1.56. The van der Waals surface area contributed by atoms with Gasteiger partial charge in [-0.25, -0.2) is 4.98 Å². The predicted molar refractivity (Wildman–Crippen MR) is 107 cm³/mol. The number of carbonyl (C=O) groups excluding carboxylic acids is 2. The third-order valence-corrected chi connectivity index (χ3v) is 5.54. The summed E-state index contributed by atoms with van der Waals surface area (Å²) in [4.78, 5) is 28.4. The van der Waals surface area contributed by atoms with Crippen LogP contribution in [0.25, 0.3) is 11.3 Å². The van der Waals surface area contributed by atoms with Gasteiger partial charge in [-0.3, -0.25) is 9.59 Å². The summed E-state index contributed by atoms with van der Waals surface area (Å²) in [5, 5.41) is 7.36. The molecule has 7 heteroatoms. The van der Waals surface area contributed by atoms with Crippen LogP contribution in [0.4, 0.5) is 5.69 Å². The Morgan fingerprint density at radius 3 is 2.69 bits per heavy atom. The van der Waals surface area contributed by atoms with Gasteiger partial charge in [-0.15, -0.1) is 11.3 Å². The second kappa shape index (κ2) is 8.64. The molecule has 0 bridgehead atoms. The van der Waals surface area contributed by atoms with Gasteiger partial charge in [0.15, 0.2) is 4.34 Å². The van der Waals surface area contributed by atoms with Gasteiger partial charge in [0.25, 0.3) is 5.91 Å². The molecule has 0 aliphatic carbocycles. The number of thioether (sulfide) groups is 1. The number of carbonyl (C=O) groups is 2. The molecule has 2 N–H and O–H groups in total. The van der Waals surface area contributed by atoms with Crippen molar-refractivity contribution in [2.75, 3.05) is 18.1 Å². The van der Waals surface area contributed by atoms with Crippen LogP contribution in [0.5, 0.6) is 0 Å². The number of nitrogens with zero attached hydrogens (tertiary/aromatic N) is 1. The maximum Gasteiger partial charge on any atom is 0.251 e. The van der Waals surface area contributed by atoms with E-state index >= 15 is 0 Å². The molecule has 0 aliphatic rings. The first-order valence-electron chi connectivity index (χ1n) is 7.91. The fourth-order valence-corrected chi connectivity index (χ4v) is 3.91. The van der Waals surface area contributed by atoms with Crippen LogP contribution in [0.1, 0.15) is 10.4 Å². The van der Waals surface area contributed by atoms with Crippen molar-refractivity contribution in [3.05, 3.63) is 65.5 Å². The first kappa shape index (κ1) is 18.2. The second-order valence-electron chi connectivity index (χ2n) is 5.36. The lowest BCUT2D eigenvalue weighted by Crippen LogP contribution is -2.18. The van der Waals surface area contributed by atoms with Crippen molar-refractivity contribution in [1.82, 2.24) is 10.3 Å². The summed E-state index contributed by atoms with van der Waals surface area (Å²) >= 11 is 2.92. The zero-order valence-corrected chi connectivity index (χ0v) is 15.7. The minimum atomic E-state index is -0.188. The third-order valence-electron chi connectivity index (χ3n) is 3.51. The lowest BCUT2D eigenvalue weighted by atomic mass is 10.2. The van der Waals surface area contributed by atoms with Crippen molar-refractivity contribution in [1.29, 1.82) is 0 Å². The predicted octanol–water partition coefficient (Wildman–Crippen LogP) is 3.90. The Morgan fingerprint density at radius 2 is 1.92 bits per heavy atom. The Labute approximate surface area is 159 Å². The van der Waals surface area contributed by atoms with Crippen molar-refractivity contribution in [2.24, 2.45) is 0 Å². The van der Waals surface area contributed by atoms with Gasteiger partial charge in [-0.1, -0.05) is 48.2 Å². The molecule has 1 heterocycles. The first-order chi connectivity index (χ1) is 12.7. The molecule has 0 radical (unpaired) electrons. The number of hydrogen-bond acceptors (Lipinski definition) is 5. The van der Waals surface area contributed by atoms with Crippen LogP contribution in [0.2, 0.25) is 0 Å². The molecule has 132 valence electrons. The molecule has 3 rings (SSSR count). The summed E-state index contributed by atoms with van der Waals surface area (Å²) in [6, 6.07) is 16.8. The molecule has 0 saturated heterocycles. The van der Waals surface area contributed by atoms with Crippen molar-refractivity contribution < 1.29 is 9.59 Å². The van der Waals surface area contributed by atoms with E-state index in [-0.39, 0.29) is 17.6 Å². The van der Waals surface area contributed by atoms with Gasteiger partial charge in [0.05, 0.1) is 11.4 Å². The molecular formula is C19H17N3O2S2. The summed E-state index contributed by atoms with van der Waals surface area (Å²) in [6.45, 7) is 0. The fraction of sp³-hybridized carbons (Fsp3) is 0.105. The number of rotatable bonds is 6. The average Bonchev–Trinajstić information content (AvgIpc) is 3.16. The van der Waals surface area contributed by atoms with Gasteiger partial charge >= 0.3 is 0 Å². The molecule has 3 aromatic rings. The number of aromatic nitrogens is 1.